The highest BCUT2D eigenvalue weighted by atomic mass is 35.5. The molecule has 0 saturated heterocycles. The summed E-state index contributed by atoms with van der Waals surface area (Å²) in [7, 11) is 0. The van der Waals surface area contributed by atoms with E-state index in [1.54, 1.807) is 12.1 Å². The first-order valence-electron chi connectivity index (χ1n) is 7.45. The number of halogens is 1. The quantitative estimate of drug-likeness (QED) is 0.367. The second-order valence-electron chi connectivity index (χ2n) is 4.46. The van der Waals surface area contributed by atoms with Crippen LogP contribution in [0.4, 0.5) is 11.4 Å². The number of nitro benzene ring substituents is 2. The van der Waals surface area contributed by atoms with Gasteiger partial charge in [0.1, 0.15) is 6.61 Å². The largest absolute Gasteiger partial charge is 0.502 e. The van der Waals surface area contributed by atoms with Crippen LogP contribution in [-0.4, -0.2) is 50.9 Å². The minimum absolute atomic E-state index is 0. The van der Waals surface area contributed by atoms with Crippen LogP contribution < -0.4 is 4.74 Å². The summed E-state index contributed by atoms with van der Waals surface area (Å²) in [6.07, 6.45) is 0. The average Bonchev–Trinajstić information content (AvgIpc) is 2.67. The third-order valence-electron chi connectivity index (χ3n) is 2.57. The number of hydrogen-bond donors (Lipinski definition) is 3. The minimum Gasteiger partial charge on any atom is -0.502 e. The highest BCUT2D eigenvalue weighted by molar-refractivity contribution is 6.17. The van der Waals surface area contributed by atoms with Gasteiger partial charge in [0, 0.05) is 18.0 Å². The lowest BCUT2D eigenvalue weighted by Crippen LogP contribution is -2.03. The summed E-state index contributed by atoms with van der Waals surface area (Å²) in [4.78, 5) is 19.4. The van der Waals surface area contributed by atoms with Gasteiger partial charge in [0.05, 0.1) is 23.1 Å². The monoisotopic (exact) mass is 418 g/mol. The van der Waals surface area contributed by atoms with Crippen molar-refractivity contribution in [1.29, 1.82) is 0 Å². The average molecular weight is 419 g/mol. The first kappa shape index (κ1) is 27.3. The highest BCUT2D eigenvalue weighted by Gasteiger charge is 2.12. The third-order valence-corrected chi connectivity index (χ3v) is 2.74. The summed E-state index contributed by atoms with van der Waals surface area (Å²) in [5.41, 5.74) is -0.349. The van der Waals surface area contributed by atoms with Crippen LogP contribution in [0.15, 0.2) is 48.5 Å². The van der Waals surface area contributed by atoms with Crippen LogP contribution in [0.3, 0.4) is 0 Å². The molecule has 0 atom stereocenters. The summed E-state index contributed by atoms with van der Waals surface area (Å²) in [5.74, 6) is 0.231. The van der Waals surface area contributed by atoms with Gasteiger partial charge in [-0.2, -0.15) is 0 Å². The molecule has 2 aromatic rings. The van der Waals surface area contributed by atoms with Gasteiger partial charge in [-0.25, -0.2) is 0 Å². The molecule has 0 amide bonds. The molecule has 0 aliphatic carbocycles. The Kier molecular flexibility index (Phi) is 15.8. The first-order chi connectivity index (χ1) is 12.9. The third kappa shape index (κ3) is 10.9. The Morgan fingerprint density at radius 1 is 0.893 bits per heavy atom. The molecular weight excluding hydrogens is 396 g/mol. The molecule has 0 aromatic heterocycles. The van der Waals surface area contributed by atoms with E-state index in [1.165, 1.54) is 36.4 Å². The number of aliphatic hydroxyl groups excluding tert-OH is 2. The minimum atomic E-state index is -0.630. The lowest BCUT2D eigenvalue weighted by atomic mass is 10.3. The van der Waals surface area contributed by atoms with Crippen molar-refractivity contribution in [3.05, 3.63) is 68.8 Å². The maximum absolute atomic E-state index is 10.4. The Morgan fingerprint density at radius 2 is 1.36 bits per heavy atom. The molecule has 0 spiro atoms. The summed E-state index contributed by atoms with van der Waals surface area (Å²) in [5, 5.41) is 45.6. The second kappa shape index (κ2) is 16.2. The molecule has 0 saturated carbocycles. The van der Waals surface area contributed by atoms with Crippen LogP contribution in [0.1, 0.15) is 7.43 Å². The van der Waals surface area contributed by atoms with Crippen LogP contribution in [0.2, 0.25) is 0 Å². The van der Waals surface area contributed by atoms with Crippen LogP contribution in [-0.2, 0) is 0 Å². The normalized spacial score (nSPS) is 8.82. The lowest BCUT2D eigenvalue weighted by molar-refractivity contribution is -0.386. The van der Waals surface area contributed by atoms with Gasteiger partial charge in [-0.3, -0.25) is 20.2 Å². The zero-order valence-corrected chi connectivity index (χ0v) is 14.9. The number of para-hydroxylation sites is 4. The van der Waals surface area contributed by atoms with Crippen LogP contribution in [0, 0.1) is 20.2 Å². The van der Waals surface area contributed by atoms with Gasteiger partial charge >= 0.3 is 11.4 Å². The fourth-order valence-electron chi connectivity index (χ4n) is 1.50. The molecule has 3 N–H and O–H groups in total. The molecule has 11 heteroatoms. The molecule has 0 unspecified atom stereocenters. The molecule has 28 heavy (non-hydrogen) atoms. The number of alkyl halides is 1. The number of aromatic hydroxyl groups is 1. The van der Waals surface area contributed by atoms with E-state index in [2.05, 4.69) is 0 Å². The van der Waals surface area contributed by atoms with Gasteiger partial charge in [0.25, 0.3) is 0 Å². The van der Waals surface area contributed by atoms with E-state index in [4.69, 9.17) is 31.7 Å². The van der Waals surface area contributed by atoms with Gasteiger partial charge < -0.3 is 20.1 Å². The van der Waals surface area contributed by atoms with Crippen molar-refractivity contribution in [3.8, 4) is 11.5 Å². The molecule has 0 bridgehead atoms. The number of nitro groups is 2. The summed E-state index contributed by atoms with van der Waals surface area (Å²) >= 11 is 4.94. The van der Waals surface area contributed by atoms with Crippen LogP contribution >= 0.6 is 11.6 Å². The number of phenols is 1. The predicted molar refractivity (Wildman–Crippen MR) is 105 cm³/mol. The maximum Gasteiger partial charge on any atom is 0.310 e. The standard InChI is InChI=1S/C8H9NO4.C6H5NO3.C2H5ClO.CH4/c10-5-6-13-8-4-2-1-3-7(8)9(11)12;8-6-4-2-1-3-5(6)7(9)10;3-1-2-4;/h1-4,10H,5-6H2;1-4,8H;4H,1-2H2;1H4. The number of nitrogens with zero attached hydrogens (tertiary/aromatic N) is 2. The zero-order chi connectivity index (χ0) is 20.7. The van der Waals surface area contributed by atoms with Gasteiger partial charge in [-0.1, -0.05) is 31.7 Å². The Hall–Kier alpha value is -2.95. The Morgan fingerprint density at radius 3 is 1.75 bits per heavy atom. The van der Waals surface area contributed by atoms with E-state index in [9.17, 15) is 20.2 Å². The molecular formula is C17H23ClN2O8. The number of benzene rings is 2. The summed E-state index contributed by atoms with van der Waals surface area (Å²) < 4.78 is 4.96. The topological polar surface area (TPSA) is 156 Å². The molecule has 0 radical (unpaired) electrons. The van der Waals surface area contributed by atoms with Crippen molar-refractivity contribution in [2.24, 2.45) is 0 Å². The summed E-state index contributed by atoms with van der Waals surface area (Å²) in [6, 6.07) is 11.6. The molecule has 0 aliphatic heterocycles. The SMILES string of the molecule is C.O=[N+]([O-])c1ccccc1O.O=[N+]([O-])c1ccccc1OCCO.OCCCl. The Balaban J connectivity index is 0. The van der Waals surface area contributed by atoms with E-state index in [1.807, 2.05) is 0 Å². The van der Waals surface area contributed by atoms with Gasteiger partial charge in [0.15, 0.2) is 11.5 Å². The van der Waals surface area contributed by atoms with Crippen molar-refractivity contribution < 1.29 is 29.9 Å². The Bertz CT molecular complexity index is 713. The molecule has 156 valence electrons. The molecule has 2 aromatic carbocycles. The van der Waals surface area contributed by atoms with Crippen LogP contribution in [0.5, 0.6) is 11.5 Å². The molecule has 10 nitrogen and oxygen atoms in total. The highest BCUT2D eigenvalue weighted by Crippen LogP contribution is 2.25. The smallest absolute Gasteiger partial charge is 0.310 e. The molecule has 0 heterocycles. The summed E-state index contributed by atoms with van der Waals surface area (Å²) in [6.45, 7) is -0.0154. The van der Waals surface area contributed by atoms with Crippen molar-refractivity contribution >= 4 is 23.0 Å². The van der Waals surface area contributed by atoms with E-state index in [0.717, 1.165) is 0 Å². The van der Waals surface area contributed by atoms with Gasteiger partial charge in [-0.15, -0.1) is 11.6 Å². The fourth-order valence-corrected chi connectivity index (χ4v) is 1.50. The van der Waals surface area contributed by atoms with E-state index in [-0.39, 0.29) is 50.1 Å². The number of hydrogen-bond acceptors (Lipinski definition) is 8. The number of ether oxygens (including phenoxy) is 1. The van der Waals surface area contributed by atoms with Gasteiger partial charge in [0.2, 0.25) is 0 Å². The number of aliphatic hydroxyl groups is 2. The van der Waals surface area contributed by atoms with E-state index >= 15 is 0 Å². The first-order valence-corrected chi connectivity index (χ1v) is 7.98. The van der Waals surface area contributed by atoms with E-state index in [0.29, 0.717) is 5.88 Å². The van der Waals surface area contributed by atoms with Crippen molar-refractivity contribution in [2.75, 3.05) is 25.7 Å². The van der Waals surface area contributed by atoms with Crippen LogP contribution in [0.25, 0.3) is 0 Å². The second-order valence-corrected chi connectivity index (χ2v) is 4.83. The van der Waals surface area contributed by atoms with Crippen molar-refractivity contribution in [2.45, 2.75) is 7.43 Å². The Labute approximate surface area is 166 Å². The zero-order valence-electron chi connectivity index (χ0n) is 14.1. The predicted octanol–water partition coefficient (Wildman–Crippen LogP) is 3.12. The van der Waals surface area contributed by atoms with Crippen molar-refractivity contribution in [1.82, 2.24) is 0 Å². The molecule has 2 rings (SSSR count). The van der Waals surface area contributed by atoms with E-state index < -0.39 is 9.85 Å². The van der Waals surface area contributed by atoms with Gasteiger partial charge in [-0.05, 0) is 12.1 Å². The lowest BCUT2D eigenvalue weighted by Gasteiger charge is -2.03. The fraction of sp³-hybridized carbons (Fsp3) is 0.294. The number of rotatable bonds is 6. The van der Waals surface area contributed by atoms with Crippen molar-refractivity contribution in [3.63, 3.8) is 0 Å². The maximum atomic E-state index is 10.4. The number of phenolic OH excluding ortho intramolecular Hbond substituents is 1. The molecule has 0 aliphatic rings. The molecule has 0 fully saturated rings.